The van der Waals surface area contributed by atoms with Crippen molar-refractivity contribution in [2.45, 2.75) is 20.5 Å². The Hall–Kier alpha value is -3.18. The van der Waals surface area contributed by atoms with Crippen LogP contribution in [0.5, 0.6) is 0 Å². The summed E-state index contributed by atoms with van der Waals surface area (Å²) in [5.41, 5.74) is 8.36. The molecule has 3 N–H and O–H groups in total. The normalized spacial score (nSPS) is 14.4. The second-order valence-corrected chi connectivity index (χ2v) is 10.4. The number of ketones is 1. The van der Waals surface area contributed by atoms with E-state index in [2.05, 4.69) is 21.2 Å². The summed E-state index contributed by atoms with van der Waals surface area (Å²) in [4.78, 5) is 41.7. The van der Waals surface area contributed by atoms with Crippen molar-refractivity contribution in [2.24, 2.45) is 5.73 Å². The summed E-state index contributed by atoms with van der Waals surface area (Å²) >= 11 is 16.5. The fraction of sp³-hybridized carbons (Fsp3) is 0.222. The molecular weight excluding hydrogens is 645 g/mol. The highest BCUT2D eigenvalue weighted by Crippen LogP contribution is 2.44. The molecule has 0 saturated carbocycles. The zero-order valence-electron chi connectivity index (χ0n) is 21.8. The van der Waals surface area contributed by atoms with Crippen LogP contribution in [-0.2, 0) is 16.1 Å². The van der Waals surface area contributed by atoms with Crippen molar-refractivity contribution >= 4 is 74.9 Å². The molecular formula is C27H27BrCl3N5O4. The molecule has 40 heavy (non-hydrogen) atoms. The first-order valence-corrected chi connectivity index (χ1v) is 13.4. The maximum Gasteiger partial charge on any atom is 0.312 e. The number of carbonyl (C=O) groups is 3. The number of likely N-dealkylation sites (N-methyl/N-ethyl adjacent to an activating group) is 1. The number of allylic oxidation sites excluding steroid dienone is 1. The van der Waals surface area contributed by atoms with Crippen molar-refractivity contribution in [1.29, 1.82) is 0 Å². The van der Waals surface area contributed by atoms with E-state index in [9.17, 15) is 14.4 Å². The molecule has 2 heterocycles. The number of primary amides is 1. The van der Waals surface area contributed by atoms with Crippen LogP contribution < -0.4 is 16.0 Å². The van der Waals surface area contributed by atoms with E-state index in [-0.39, 0.29) is 31.3 Å². The molecule has 0 radical (unpaired) electrons. The zero-order valence-corrected chi connectivity index (χ0v) is 25.7. The van der Waals surface area contributed by atoms with Gasteiger partial charge in [-0.15, -0.1) is 12.4 Å². The lowest BCUT2D eigenvalue weighted by Crippen LogP contribution is -2.42. The molecule has 0 unspecified atom stereocenters. The Morgan fingerprint density at radius 2 is 1.80 bits per heavy atom. The minimum absolute atomic E-state index is 0. The van der Waals surface area contributed by atoms with E-state index < -0.39 is 11.9 Å². The van der Waals surface area contributed by atoms with Crippen molar-refractivity contribution in [3.05, 3.63) is 97.3 Å². The van der Waals surface area contributed by atoms with Crippen molar-refractivity contribution in [3.8, 4) is 0 Å². The number of nitrogens with one attached hydrogen (secondary N) is 1. The molecule has 2 aliphatic rings. The number of carbonyl (C=O) groups excluding carboxylic acids is 3. The number of ether oxygens (including phenoxy) is 1. The molecule has 0 aromatic heterocycles. The number of urea groups is 1. The number of amides is 3. The van der Waals surface area contributed by atoms with Gasteiger partial charge in [-0.25, -0.2) is 4.79 Å². The fourth-order valence-corrected chi connectivity index (χ4v) is 5.27. The topological polar surface area (TPSA) is 108 Å². The van der Waals surface area contributed by atoms with Gasteiger partial charge in [-0.1, -0.05) is 41.4 Å². The molecule has 0 spiro atoms. The van der Waals surface area contributed by atoms with Gasteiger partial charge in [0.15, 0.2) is 17.4 Å². The lowest BCUT2D eigenvalue weighted by atomic mass is 10.1. The van der Waals surface area contributed by atoms with E-state index in [1.54, 1.807) is 37.4 Å². The Labute approximate surface area is 256 Å². The molecule has 0 aliphatic carbocycles. The molecule has 4 rings (SSSR count). The molecule has 13 heteroatoms. The molecule has 3 amide bonds. The Morgan fingerprint density at radius 1 is 1.15 bits per heavy atom. The Morgan fingerprint density at radius 3 is 2.42 bits per heavy atom. The van der Waals surface area contributed by atoms with Gasteiger partial charge in [-0.2, -0.15) is 0 Å². The number of rotatable bonds is 8. The van der Waals surface area contributed by atoms with E-state index in [0.29, 0.717) is 45.0 Å². The van der Waals surface area contributed by atoms with Crippen LogP contribution in [0.2, 0.25) is 10.0 Å². The van der Waals surface area contributed by atoms with E-state index >= 15 is 0 Å². The monoisotopic (exact) mass is 669 g/mol. The number of hydrogen-bond donors (Lipinski definition) is 2. The Kier molecular flexibility index (Phi) is 10.2. The molecule has 2 aliphatic heterocycles. The van der Waals surface area contributed by atoms with Gasteiger partial charge in [0.05, 0.1) is 17.9 Å². The van der Waals surface area contributed by atoms with Gasteiger partial charge < -0.3 is 25.6 Å². The standard InChI is InChI=1S/C27H26BrCl2N5O4.ClH/c1-15-25(28)34-11-10-22(33(3)23(37)13-32-27(31)38)24(39-14-19-20(29)8-5-9-21(19)30)26(34)35(15)18-7-4-6-17(12-18)16(2)36;/h4-10,12H,11,13-14H2,1-3H3,(H3,31,32,38);1H. The van der Waals surface area contributed by atoms with Crippen molar-refractivity contribution in [3.63, 3.8) is 0 Å². The van der Waals surface area contributed by atoms with Gasteiger partial charge in [-0.3, -0.25) is 14.5 Å². The summed E-state index contributed by atoms with van der Waals surface area (Å²) in [5, 5.41) is 3.20. The number of Topliss-reactive ketones (excluding diaryl/α,β-unsaturated/α-hetero) is 1. The van der Waals surface area contributed by atoms with E-state index in [0.717, 1.165) is 16.0 Å². The summed E-state index contributed by atoms with van der Waals surface area (Å²) in [6, 6.07) is 11.6. The average molecular weight is 672 g/mol. The van der Waals surface area contributed by atoms with Crippen LogP contribution in [0.4, 0.5) is 10.5 Å². The molecule has 0 fully saturated rings. The predicted octanol–water partition coefficient (Wildman–Crippen LogP) is 5.73. The van der Waals surface area contributed by atoms with Crippen LogP contribution in [0.15, 0.2) is 76.1 Å². The van der Waals surface area contributed by atoms with E-state index in [1.165, 1.54) is 11.8 Å². The van der Waals surface area contributed by atoms with Crippen LogP contribution >= 0.6 is 51.5 Å². The van der Waals surface area contributed by atoms with Crippen LogP contribution in [0.25, 0.3) is 0 Å². The number of benzene rings is 2. The number of nitrogens with two attached hydrogens (primary N) is 1. The largest absolute Gasteiger partial charge is 0.483 e. The maximum absolute atomic E-state index is 13.0. The van der Waals surface area contributed by atoms with Crippen molar-refractivity contribution in [2.75, 3.05) is 25.0 Å². The highest BCUT2D eigenvalue weighted by molar-refractivity contribution is 9.11. The SMILES string of the molecule is CC(=O)c1cccc(N2C(C)=C(Br)N3CC=C(N(C)C(=O)CNC(N)=O)C(OCc4c(Cl)cccc4Cl)=C32)c1.Cl. The average Bonchev–Trinajstić information content (AvgIpc) is 3.16. The zero-order chi connectivity index (χ0) is 28.4. The number of hydrogen-bond acceptors (Lipinski definition) is 6. The number of halogens is 4. The first kappa shape index (κ1) is 31.3. The molecule has 0 saturated heterocycles. The van der Waals surface area contributed by atoms with E-state index in [1.807, 2.05) is 34.9 Å². The smallest absolute Gasteiger partial charge is 0.312 e. The highest BCUT2D eigenvalue weighted by atomic mass is 79.9. The van der Waals surface area contributed by atoms with Crippen LogP contribution in [0.3, 0.4) is 0 Å². The van der Waals surface area contributed by atoms with Gasteiger partial charge >= 0.3 is 6.03 Å². The summed E-state index contributed by atoms with van der Waals surface area (Å²) in [6.07, 6.45) is 1.85. The van der Waals surface area contributed by atoms with Gasteiger partial charge in [0.1, 0.15) is 11.2 Å². The third-order valence-corrected chi connectivity index (χ3v) is 8.03. The summed E-state index contributed by atoms with van der Waals surface area (Å²) in [6.45, 7) is 3.58. The lowest BCUT2D eigenvalue weighted by Gasteiger charge is -2.35. The van der Waals surface area contributed by atoms with Crippen molar-refractivity contribution < 1.29 is 19.1 Å². The number of nitrogens with zero attached hydrogens (tertiary/aromatic N) is 3. The third-order valence-electron chi connectivity index (χ3n) is 6.32. The predicted molar refractivity (Wildman–Crippen MR) is 161 cm³/mol. The first-order chi connectivity index (χ1) is 18.5. The molecule has 2 aromatic rings. The quantitative estimate of drug-likeness (QED) is 0.274. The number of anilines is 1. The van der Waals surface area contributed by atoms with Crippen LogP contribution in [0, 0.1) is 0 Å². The van der Waals surface area contributed by atoms with Gasteiger partial charge in [0, 0.05) is 40.5 Å². The lowest BCUT2D eigenvalue weighted by molar-refractivity contribution is -0.127. The minimum Gasteiger partial charge on any atom is -0.483 e. The fourth-order valence-electron chi connectivity index (χ4n) is 4.27. The first-order valence-electron chi connectivity index (χ1n) is 11.9. The van der Waals surface area contributed by atoms with Gasteiger partial charge in [0.2, 0.25) is 5.91 Å². The molecule has 0 atom stereocenters. The van der Waals surface area contributed by atoms with Crippen LogP contribution in [-0.4, -0.2) is 47.7 Å². The molecule has 0 bridgehead atoms. The van der Waals surface area contributed by atoms with Crippen LogP contribution in [0.1, 0.15) is 29.8 Å². The number of fused-ring (bicyclic) bond motifs is 1. The highest BCUT2D eigenvalue weighted by Gasteiger charge is 2.39. The Bertz CT molecular complexity index is 1440. The summed E-state index contributed by atoms with van der Waals surface area (Å²) in [7, 11) is 1.59. The molecule has 9 nitrogen and oxygen atoms in total. The maximum atomic E-state index is 13.0. The summed E-state index contributed by atoms with van der Waals surface area (Å²) in [5.74, 6) is 0.527. The summed E-state index contributed by atoms with van der Waals surface area (Å²) < 4.78 is 7.21. The third kappa shape index (κ3) is 6.25. The molecule has 2 aromatic carbocycles. The Balaban J connectivity index is 0.00000441. The second kappa shape index (κ2) is 13.0. The van der Waals surface area contributed by atoms with Gasteiger partial charge in [0.25, 0.3) is 0 Å². The second-order valence-electron chi connectivity index (χ2n) is 8.83. The van der Waals surface area contributed by atoms with Gasteiger partial charge in [-0.05, 0) is 60.1 Å². The minimum atomic E-state index is -0.806. The van der Waals surface area contributed by atoms with Crippen molar-refractivity contribution in [1.82, 2.24) is 15.1 Å². The molecule has 212 valence electrons. The van der Waals surface area contributed by atoms with E-state index in [4.69, 9.17) is 33.7 Å².